The number of aryl methyl sites for hydroxylation is 1. The number of hydrogen-bond acceptors (Lipinski definition) is 4. The van der Waals surface area contributed by atoms with Crippen LogP contribution in [0.15, 0.2) is 85.1 Å². The van der Waals surface area contributed by atoms with E-state index in [2.05, 4.69) is 24.3 Å². The molecule has 0 spiro atoms. The zero-order chi connectivity index (χ0) is 22.8. The Morgan fingerprint density at radius 2 is 1.55 bits per heavy atom. The first-order valence-electron chi connectivity index (χ1n) is 10.8. The van der Waals surface area contributed by atoms with Gasteiger partial charge in [-0.15, -0.1) is 0 Å². The fourth-order valence-corrected chi connectivity index (χ4v) is 3.75. The first kappa shape index (κ1) is 20.5. The molecule has 33 heavy (non-hydrogen) atoms. The summed E-state index contributed by atoms with van der Waals surface area (Å²) in [6, 6.07) is 25.0. The lowest BCUT2D eigenvalue weighted by Crippen LogP contribution is -1.95. The van der Waals surface area contributed by atoms with Gasteiger partial charge in [0.05, 0.1) is 5.69 Å². The highest BCUT2D eigenvalue weighted by molar-refractivity contribution is 5.77. The fraction of sp³-hybridized carbons (Fsp3) is 0.0714. The molecular formula is C28H23N3O2. The molecule has 0 atom stereocenters. The van der Waals surface area contributed by atoms with Crippen molar-refractivity contribution in [2.75, 3.05) is 0 Å². The van der Waals surface area contributed by atoms with Crippen molar-refractivity contribution in [3.8, 4) is 22.9 Å². The molecule has 5 rings (SSSR count). The van der Waals surface area contributed by atoms with Crippen molar-refractivity contribution in [3.05, 3.63) is 113 Å². The normalized spacial score (nSPS) is 11.4. The Kier molecular flexibility index (Phi) is 5.37. The van der Waals surface area contributed by atoms with E-state index in [-0.39, 0.29) is 11.6 Å². The molecule has 0 unspecified atom stereocenters. The third-order valence-electron chi connectivity index (χ3n) is 5.57. The molecule has 5 heteroatoms. The van der Waals surface area contributed by atoms with E-state index in [1.165, 1.54) is 5.56 Å². The van der Waals surface area contributed by atoms with E-state index in [0.29, 0.717) is 29.1 Å². The molecule has 2 N–H and O–H groups in total. The number of imidazole rings is 1. The zero-order valence-corrected chi connectivity index (χ0v) is 18.2. The van der Waals surface area contributed by atoms with E-state index in [9.17, 15) is 10.2 Å². The first-order chi connectivity index (χ1) is 16.1. The molecule has 0 fully saturated rings. The molecule has 0 amide bonds. The monoisotopic (exact) mass is 433 g/mol. The minimum Gasteiger partial charge on any atom is -0.508 e. The second-order valence-corrected chi connectivity index (χ2v) is 8.04. The summed E-state index contributed by atoms with van der Waals surface area (Å²) in [6.45, 7) is 2.05. The molecule has 0 saturated carbocycles. The molecule has 162 valence electrons. The number of rotatable bonds is 5. The SMILES string of the molecule is Cc1ccc(Cc2nc3c(/C=C\c4ccccc4)nc(-c4ccc(O)cc4)cn3c2O)cc1. The predicted octanol–water partition coefficient (Wildman–Crippen LogP) is 5.88. The van der Waals surface area contributed by atoms with E-state index in [1.807, 2.05) is 49.4 Å². The van der Waals surface area contributed by atoms with Gasteiger partial charge in [0.1, 0.15) is 17.1 Å². The molecule has 0 saturated heterocycles. The van der Waals surface area contributed by atoms with Crippen molar-refractivity contribution in [2.45, 2.75) is 13.3 Å². The average Bonchev–Trinajstić information content (AvgIpc) is 3.15. The van der Waals surface area contributed by atoms with Gasteiger partial charge in [-0.3, -0.25) is 4.40 Å². The first-order valence-corrected chi connectivity index (χ1v) is 10.8. The Morgan fingerprint density at radius 3 is 2.27 bits per heavy atom. The van der Waals surface area contributed by atoms with Crippen LogP contribution in [0.2, 0.25) is 0 Å². The van der Waals surface area contributed by atoms with Crippen LogP contribution < -0.4 is 0 Å². The number of phenols is 1. The van der Waals surface area contributed by atoms with Crippen LogP contribution in [0.4, 0.5) is 0 Å². The summed E-state index contributed by atoms with van der Waals surface area (Å²) < 4.78 is 1.68. The Labute approximate surface area is 192 Å². The molecule has 0 aliphatic carbocycles. The highest BCUT2D eigenvalue weighted by Gasteiger charge is 2.16. The fourth-order valence-electron chi connectivity index (χ4n) is 3.75. The highest BCUT2D eigenvalue weighted by Crippen LogP contribution is 2.28. The maximum atomic E-state index is 11.0. The van der Waals surface area contributed by atoms with Crippen LogP contribution in [-0.2, 0) is 6.42 Å². The average molecular weight is 434 g/mol. The van der Waals surface area contributed by atoms with E-state index in [0.717, 1.165) is 16.7 Å². The number of nitrogens with zero attached hydrogens (tertiary/aromatic N) is 3. The molecule has 0 bridgehead atoms. The third kappa shape index (κ3) is 4.34. The number of hydrogen-bond donors (Lipinski definition) is 2. The highest BCUT2D eigenvalue weighted by atomic mass is 16.3. The summed E-state index contributed by atoms with van der Waals surface area (Å²) in [4.78, 5) is 9.58. The largest absolute Gasteiger partial charge is 0.508 e. The van der Waals surface area contributed by atoms with Gasteiger partial charge in [-0.05, 0) is 48.4 Å². The van der Waals surface area contributed by atoms with Gasteiger partial charge in [0.2, 0.25) is 5.88 Å². The molecule has 2 heterocycles. The lowest BCUT2D eigenvalue weighted by Gasteiger charge is -2.06. The van der Waals surface area contributed by atoms with Crippen molar-refractivity contribution in [2.24, 2.45) is 0 Å². The van der Waals surface area contributed by atoms with Crippen molar-refractivity contribution < 1.29 is 10.2 Å². The van der Waals surface area contributed by atoms with E-state index < -0.39 is 0 Å². The van der Waals surface area contributed by atoms with Gasteiger partial charge in [0.15, 0.2) is 5.65 Å². The van der Waals surface area contributed by atoms with E-state index in [4.69, 9.17) is 9.97 Å². The van der Waals surface area contributed by atoms with Crippen LogP contribution in [0.5, 0.6) is 11.6 Å². The van der Waals surface area contributed by atoms with Gasteiger partial charge in [-0.25, -0.2) is 9.97 Å². The van der Waals surface area contributed by atoms with Gasteiger partial charge < -0.3 is 10.2 Å². The molecule has 0 aliphatic rings. The lowest BCUT2D eigenvalue weighted by atomic mass is 10.1. The maximum absolute atomic E-state index is 11.0. The minimum atomic E-state index is 0.0994. The van der Waals surface area contributed by atoms with Gasteiger partial charge in [-0.1, -0.05) is 66.2 Å². The lowest BCUT2D eigenvalue weighted by molar-refractivity contribution is 0.442. The number of phenolic OH excluding ortho intramolecular Hbond substituents is 1. The van der Waals surface area contributed by atoms with Crippen LogP contribution in [0.25, 0.3) is 29.1 Å². The predicted molar refractivity (Wildman–Crippen MR) is 131 cm³/mol. The van der Waals surface area contributed by atoms with Crippen LogP contribution in [0.1, 0.15) is 28.1 Å². The molecule has 2 aromatic heterocycles. The van der Waals surface area contributed by atoms with Crippen LogP contribution in [0, 0.1) is 6.92 Å². The maximum Gasteiger partial charge on any atom is 0.219 e. The molecule has 0 radical (unpaired) electrons. The summed E-state index contributed by atoms with van der Waals surface area (Å²) in [6.07, 6.45) is 6.19. The van der Waals surface area contributed by atoms with Gasteiger partial charge in [0.25, 0.3) is 0 Å². The van der Waals surface area contributed by atoms with Crippen molar-refractivity contribution in [1.29, 1.82) is 0 Å². The van der Waals surface area contributed by atoms with Crippen LogP contribution >= 0.6 is 0 Å². The third-order valence-corrected chi connectivity index (χ3v) is 5.57. The Bertz CT molecular complexity index is 1440. The second kappa shape index (κ2) is 8.63. The van der Waals surface area contributed by atoms with E-state index in [1.54, 1.807) is 34.9 Å². The molecular weight excluding hydrogens is 410 g/mol. The second-order valence-electron chi connectivity index (χ2n) is 8.04. The summed E-state index contributed by atoms with van der Waals surface area (Å²) in [5.41, 5.74) is 6.64. The number of fused-ring (bicyclic) bond motifs is 1. The Balaban J connectivity index is 1.63. The molecule has 0 aliphatic heterocycles. The van der Waals surface area contributed by atoms with Crippen LogP contribution in [-0.4, -0.2) is 24.6 Å². The van der Waals surface area contributed by atoms with Crippen molar-refractivity contribution in [1.82, 2.24) is 14.4 Å². The van der Waals surface area contributed by atoms with E-state index >= 15 is 0 Å². The summed E-state index contributed by atoms with van der Waals surface area (Å²) in [7, 11) is 0. The van der Waals surface area contributed by atoms with Gasteiger partial charge >= 0.3 is 0 Å². The van der Waals surface area contributed by atoms with Crippen LogP contribution in [0.3, 0.4) is 0 Å². The molecule has 5 aromatic rings. The summed E-state index contributed by atoms with van der Waals surface area (Å²) in [5.74, 6) is 0.289. The Hall–Kier alpha value is -4.38. The van der Waals surface area contributed by atoms with Crippen molar-refractivity contribution >= 4 is 17.8 Å². The Morgan fingerprint density at radius 1 is 0.818 bits per heavy atom. The molecule has 5 nitrogen and oxygen atoms in total. The zero-order valence-electron chi connectivity index (χ0n) is 18.2. The standard InChI is InChI=1S/C28H23N3O2/c1-19-7-9-21(10-8-19)17-25-28(33)31-18-26(22-12-14-23(32)15-13-22)29-24(27(31)30-25)16-11-20-5-3-2-4-6-20/h2-16,18,32-33H,17H2,1H3/b16-11-. The summed E-state index contributed by atoms with van der Waals surface area (Å²) in [5, 5.41) is 20.7. The summed E-state index contributed by atoms with van der Waals surface area (Å²) >= 11 is 0. The van der Waals surface area contributed by atoms with Gasteiger partial charge in [-0.2, -0.15) is 0 Å². The number of benzene rings is 3. The number of aromatic hydroxyl groups is 2. The smallest absolute Gasteiger partial charge is 0.219 e. The van der Waals surface area contributed by atoms with Gasteiger partial charge in [0, 0.05) is 18.2 Å². The minimum absolute atomic E-state index is 0.0994. The number of aromatic nitrogens is 3. The van der Waals surface area contributed by atoms with Crippen molar-refractivity contribution in [3.63, 3.8) is 0 Å². The quantitative estimate of drug-likeness (QED) is 0.363. The topological polar surface area (TPSA) is 70.7 Å². The molecule has 3 aromatic carbocycles.